The zero-order valence-corrected chi connectivity index (χ0v) is 20.2. The van der Waals surface area contributed by atoms with Gasteiger partial charge in [-0.05, 0) is 31.7 Å². The minimum atomic E-state index is -1.29. The molecule has 0 aromatic heterocycles. The van der Waals surface area contributed by atoms with Gasteiger partial charge in [0.1, 0.15) is 24.2 Å². The monoisotopic (exact) mass is 526 g/mol. The van der Waals surface area contributed by atoms with Crippen molar-refractivity contribution in [1.82, 2.24) is 5.32 Å². The molecule has 16 heteroatoms. The van der Waals surface area contributed by atoms with Gasteiger partial charge in [0.05, 0.1) is 6.42 Å². The summed E-state index contributed by atoms with van der Waals surface area (Å²) < 4.78 is 0. The summed E-state index contributed by atoms with van der Waals surface area (Å²) in [6, 6.07) is -3.32. The SMILES string of the molecule is CC[C@H](C)[C@H](N)C(=O)O.N[C@@H](CC(=O)O)C(=O)O.N[C@@H](CCC(=O)O)C(=O)O.O=C(O)[C@@H]1CCCN1. The van der Waals surface area contributed by atoms with Crippen molar-refractivity contribution in [3.8, 4) is 0 Å². The van der Waals surface area contributed by atoms with E-state index in [9.17, 15) is 28.8 Å². The highest BCUT2D eigenvalue weighted by Gasteiger charge is 2.20. The van der Waals surface area contributed by atoms with E-state index in [-0.39, 0.29) is 24.8 Å². The Morgan fingerprint density at radius 2 is 1.33 bits per heavy atom. The quantitative estimate of drug-likeness (QED) is 0.145. The minimum absolute atomic E-state index is 0.0231. The largest absolute Gasteiger partial charge is 0.481 e. The Hall–Kier alpha value is -3.34. The van der Waals surface area contributed by atoms with Crippen molar-refractivity contribution in [2.75, 3.05) is 6.54 Å². The maximum atomic E-state index is 10.2. The maximum Gasteiger partial charge on any atom is 0.321 e. The molecule has 1 heterocycles. The van der Waals surface area contributed by atoms with E-state index < -0.39 is 60.4 Å². The first-order chi connectivity index (χ1) is 16.5. The smallest absolute Gasteiger partial charge is 0.321 e. The number of aliphatic carboxylic acids is 6. The number of hydrogen-bond acceptors (Lipinski definition) is 10. The van der Waals surface area contributed by atoms with Crippen LogP contribution in [0.15, 0.2) is 0 Å². The van der Waals surface area contributed by atoms with Crippen molar-refractivity contribution in [2.45, 2.75) is 76.5 Å². The molecular formula is C20H38N4O12. The Morgan fingerprint density at radius 3 is 1.53 bits per heavy atom. The Kier molecular flexibility index (Phi) is 21.7. The zero-order valence-electron chi connectivity index (χ0n) is 20.2. The van der Waals surface area contributed by atoms with Crippen LogP contribution in [0.4, 0.5) is 0 Å². The first-order valence-corrected chi connectivity index (χ1v) is 10.8. The third-order valence-corrected chi connectivity index (χ3v) is 4.60. The van der Waals surface area contributed by atoms with Gasteiger partial charge in [-0.1, -0.05) is 20.3 Å². The molecule has 1 aliphatic heterocycles. The van der Waals surface area contributed by atoms with Crippen molar-refractivity contribution < 1.29 is 59.4 Å². The van der Waals surface area contributed by atoms with Crippen LogP contribution >= 0.6 is 0 Å². The molecule has 0 radical (unpaired) electrons. The fourth-order valence-electron chi connectivity index (χ4n) is 2.07. The molecule has 16 nitrogen and oxygen atoms in total. The Morgan fingerprint density at radius 1 is 0.833 bits per heavy atom. The summed E-state index contributed by atoms with van der Waals surface area (Å²) in [4.78, 5) is 59.8. The van der Waals surface area contributed by atoms with E-state index in [1.807, 2.05) is 13.8 Å². The molecule has 0 spiro atoms. The number of carboxylic acids is 6. The van der Waals surface area contributed by atoms with Gasteiger partial charge in [-0.2, -0.15) is 0 Å². The predicted octanol–water partition coefficient (Wildman–Crippen LogP) is -1.60. The number of carbonyl (C=O) groups is 6. The van der Waals surface area contributed by atoms with E-state index in [2.05, 4.69) is 5.32 Å². The molecule has 0 aliphatic carbocycles. The second-order valence-electron chi connectivity index (χ2n) is 7.66. The van der Waals surface area contributed by atoms with E-state index in [1.165, 1.54) is 0 Å². The molecule has 1 aliphatic rings. The van der Waals surface area contributed by atoms with Gasteiger partial charge >= 0.3 is 35.8 Å². The molecular weight excluding hydrogens is 488 g/mol. The first kappa shape index (κ1) is 37.2. The summed E-state index contributed by atoms with van der Waals surface area (Å²) in [6.45, 7) is 4.61. The Labute approximate surface area is 207 Å². The van der Waals surface area contributed by atoms with Gasteiger partial charge in [0, 0.05) is 6.42 Å². The normalized spacial score (nSPS) is 17.1. The highest BCUT2D eigenvalue weighted by atomic mass is 16.4. The average molecular weight is 527 g/mol. The van der Waals surface area contributed by atoms with Crippen LogP contribution in [-0.4, -0.2) is 97.2 Å². The van der Waals surface area contributed by atoms with Crippen LogP contribution < -0.4 is 22.5 Å². The standard InChI is InChI=1S/C6H13NO2.C5H9NO4.C5H9NO2.C4H7NO4/c1-3-4(2)5(7)6(8)9;6-3(5(9)10)1-2-4(7)8;7-5(8)4-2-1-3-6-4;5-2(4(8)9)1-3(6)7/h4-5H,3,7H2,1-2H3,(H,8,9);3H,1-2,6H2,(H,7,8)(H,9,10);4,6H,1-3H2,(H,7,8);2H,1,5H2,(H,6,7)(H,8,9)/t4-,5-;3-;4-;2-/m0000/s1. The van der Waals surface area contributed by atoms with Gasteiger partial charge in [0.25, 0.3) is 0 Å². The third-order valence-electron chi connectivity index (χ3n) is 4.60. The lowest BCUT2D eigenvalue weighted by Crippen LogP contribution is -2.36. The van der Waals surface area contributed by atoms with Gasteiger partial charge in [0.15, 0.2) is 0 Å². The summed E-state index contributed by atoms with van der Waals surface area (Å²) in [6.07, 6.45) is 1.84. The second kappa shape index (κ2) is 21.0. The maximum absolute atomic E-state index is 10.2. The molecule has 36 heavy (non-hydrogen) atoms. The van der Waals surface area contributed by atoms with Gasteiger partial charge < -0.3 is 53.2 Å². The molecule has 1 rings (SSSR count). The second-order valence-corrected chi connectivity index (χ2v) is 7.66. The Balaban J connectivity index is -0.000000404. The van der Waals surface area contributed by atoms with Gasteiger partial charge in [-0.25, -0.2) is 0 Å². The van der Waals surface area contributed by atoms with Crippen LogP contribution in [0.25, 0.3) is 0 Å². The molecule has 0 bridgehead atoms. The molecule has 1 fully saturated rings. The highest BCUT2D eigenvalue weighted by Crippen LogP contribution is 2.04. The van der Waals surface area contributed by atoms with Crippen LogP contribution in [0.1, 0.15) is 52.4 Å². The van der Waals surface area contributed by atoms with Gasteiger partial charge in [-0.15, -0.1) is 0 Å². The van der Waals surface area contributed by atoms with Crippen molar-refractivity contribution in [1.29, 1.82) is 0 Å². The van der Waals surface area contributed by atoms with E-state index in [4.69, 9.17) is 47.8 Å². The van der Waals surface area contributed by atoms with E-state index in [1.54, 1.807) is 0 Å². The first-order valence-electron chi connectivity index (χ1n) is 10.8. The number of nitrogens with two attached hydrogens (primary N) is 3. The van der Waals surface area contributed by atoms with Gasteiger partial charge in [0.2, 0.25) is 0 Å². The lowest BCUT2D eigenvalue weighted by Gasteiger charge is -2.11. The van der Waals surface area contributed by atoms with E-state index >= 15 is 0 Å². The number of carboxylic acid groups (broad SMARTS) is 6. The molecule has 0 saturated carbocycles. The minimum Gasteiger partial charge on any atom is -0.481 e. The van der Waals surface area contributed by atoms with Crippen LogP contribution in [0.2, 0.25) is 0 Å². The lowest BCUT2D eigenvalue weighted by molar-refractivity contribution is -0.144. The van der Waals surface area contributed by atoms with E-state index in [0.29, 0.717) is 0 Å². The van der Waals surface area contributed by atoms with Crippen molar-refractivity contribution in [3.05, 3.63) is 0 Å². The fourth-order valence-corrected chi connectivity index (χ4v) is 2.07. The summed E-state index contributed by atoms with van der Waals surface area (Å²) in [5, 5.41) is 51.9. The van der Waals surface area contributed by atoms with Gasteiger partial charge in [-0.3, -0.25) is 28.8 Å². The molecule has 1 saturated heterocycles. The highest BCUT2D eigenvalue weighted by molar-refractivity contribution is 5.80. The topological polar surface area (TPSA) is 314 Å². The summed E-state index contributed by atoms with van der Waals surface area (Å²) >= 11 is 0. The number of rotatable bonds is 11. The van der Waals surface area contributed by atoms with Crippen LogP contribution in [0, 0.1) is 5.92 Å². The molecule has 0 aromatic carbocycles. The summed E-state index contributed by atoms with van der Waals surface area (Å²) in [5.41, 5.74) is 15.1. The number of nitrogens with one attached hydrogen (secondary N) is 1. The average Bonchev–Trinajstić information content (AvgIpc) is 3.32. The molecule has 5 atom stereocenters. The molecule has 210 valence electrons. The number of hydrogen-bond donors (Lipinski definition) is 10. The van der Waals surface area contributed by atoms with Crippen LogP contribution in [-0.2, 0) is 28.8 Å². The predicted molar refractivity (Wildman–Crippen MR) is 124 cm³/mol. The molecule has 0 amide bonds. The van der Waals surface area contributed by atoms with E-state index in [0.717, 1.165) is 25.8 Å². The molecule has 0 aromatic rings. The fraction of sp³-hybridized carbons (Fsp3) is 0.700. The Bertz CT molecular complexity index is 713. The van der Waals surface area contributed by atoms with Crippen molar-refractivity contribution in [2.24, 2.45) is 23.1 Å². The van der Waals surface area contributed by atoms with Crippen molar-refractivity contribution >= 4 is 35.8 Å². The molecule has 13 N–H and O–H groups in total. The zero-order chi connectivity index (χ0) is 29.0. The van der Waals surface area contributed by atoms with Crippen LogP contribution in [0.3, 0.4) is 0 Å². The van der Waals surface area contributed by atoms with Crippen LogP contribution in [0.5, 0.6) is 0 Å². The summed E-state index contributed by atoms with van der Waals surface area (Å²) in [5.74, 6) is -6.25. The molecule has 0 unspecified atom stereocenters. The summed E-state index contributed by atoms with van der Waals surface area (Å²) in [7, 11) is 0. The third kappa shape index (κ3) is 22.5. The lowest BCUT2D eigenvalue weighted by atomic mass is 10.0. The van der Waals surface area contributed by atoms with Crippen molar-refractivity contribution in [3.63, 3.8) is 0 Å².